The fraction of sp³-hybridized carbons (Fsp3) is 0.931. The van der Waals surface area contributed by atoms with Crippen LogP contribution in [0.1, 0.15) is 106 Å². The number of Topliss-reactive ketones (excluding diaryl/α,β-unsaturated/α-hetero) is 2. The van der Waals surface area contributed by atoms with Gasteiger partial charge in [-0.2, -0.15) is 0 Å². The van der Waals surface area contributed by atoms with Crippen LogP contribution in [0.5, 0.6) is 0 Å². The second kappa shape index (κ2) is 6.33. The second-order valence-electron chi connectivity index (χ2n) is 14.5. The molecule has 33 heavy (non-hydrogen) atoms. The number of rotatable bonds is 0. The predicted octanol–water partition coefficient (Wildman–Crippen LogP) is 6.10. The molecule has 0 bridgehead atoms. The summed E-state index contributed by atoms with van der Waals surface area (Å²) in [6.07, 6.45) is 9.10. The summed E-state index contributed by atoms with van der Waals surface area (Å²) in [7, 11) is 0. The third kappa shape index (κ3) is 2.51. The van der Waals surface area contributed by atoms with Crippen LogP contribution in [0, 0.1) is 45.3 Å². The molecule has 184 valence electrons. The summed E-state index contributed by atoms with van der Waals surface area (Å²) < 4.78 is 13.7. The van der Waals surface area contributed by atoms with Gasteiger partial charge in [-0.25, -0.2) is 0 Å². The highest BCUT2D eigenvalue weighted by molar-refractivity contribution is 5.87. The average molecular weight is 457 g/mol. The van der Waals surface area contributed by atoms with E-state index in [4.69, 9.17) is 9.47 Å². The molecule has 0 amide bonds. The van der Waals surface area contributed by atoms with Crippen molar-refractivity contribution in [1.29, 1.82) is 0 Å². The molecule has 4 aliphatic carbocycles. The molecule has 2 saturated heterocycles. The SMILES string of the molecule is CC1(C)O[C@@]2(CCC1=O)O[C@@H]1CC3[C@@]4(C)CCC(=O)C(C)(C)C4CC[C@@]3(C)[C@]3(C)CCC2C13. The van der Waals surface area contributed by atoms with Gasteiger partial charge < -0.3 is 9.47 Å². The summed E-state index contributed by atoms with van der Waals surface area (Å²) in [6.45, 7) is 16.0. The fourth-order valence-corrected chi connectivity index (χ4v) is 11.0. The molecule has 2 heterocycles. The lowest BCUT2D eigenvalue weighted by molar-refractivity contribution is -0.304. The van der Waals surface area contributed by atoms with E-state index >= 15 is 0 Å². The van der Waals surface area contributed by atoms with Crippen LogP contribution >= 0.6 is 0 Å². The Morgan fingerprint density at radius 3 is 2.12 bits per heavy atom. The van der Waals surface area contributed by atoms with Gasteiger partial charge in [0.05, 0.1) is 6.10 Å². The summed E-state index contributed by atoms with van der Waals surface area (Å²) in [5.41, 5.74) is -0.313. The molecule has 4 nitrogen and oxygen atoms in total. The van der Waals surface area contributed by atoms with Crippen LogP contribution in [0.2, 0.25) is 0 Å². The lowest BCUT2D eigenvalue weighted by Gasteiger charge is -2.69. The Morgan fingerprint density at radius 2 is 1.42 bits per heavy atom. The van der Waals surface area contributed by atoms with Gasteiger partial charge in [-0.3, -0.25) is 9.59 Å². The molecule has 0 radical (unpaired) electrons. The van der Waals surface area contributed by atoms with Gasteiger partial charge in [0, 0.05) is 30.6 Å². The van der Waals surface area contributed by atoms with Gasteiger partial charge in [-0.15, -0.1) is 0 Å². The third-order valence-electron chi connectivity index (χ3n) is 12.8. The minimum absolute atomic E-state index is 0.179. The van der Waals surface area contributed by atoms with Gasteiger partial charge in [0.1, 0.15) is 11.4 Å². The minimum Gasteiger partial charge on any atom is -0.346 e. The molecule has 6 fully saturated rings. The molecular weight excluding hydrogens is 412 g/mol. The average Bonchev–Trinajstić information content (AvgIpc) is 3.23. The Bertz CT molecular complexity index is 921. The molecule has 6 rings (SSSR count). The number of ketones is 2. The zero-order valence-corrected chi connectivity index (χ0v) is 21.9. The molecule has 0 aromatic rings. The maximum Gasteiger partial charge on any atom is 0.173 e. The highest BCUT2D eigenvalue weighted by Crippen LogP contribution is 2.78. The largest absolute Gasteiger partial charge is 0.346 e. The molecular formula is C29H44O4. The summed E-state index contributed by atoms with van der Waals surface area (Å²) >= 11 is 0. The Labute approximate surface area is 199 Å². The first-order valence-corrected chi connectivity index (χ1v) is 13.7. The topological polar surface area (TPSA) is 52.6 Å². The van der Waals surface area contributed by atoms with Crippen LogP contribution in [0.4, 0.5) is 0 Å². The van der Waals surface area contributed by atoms with Gasteiger partial charge >= 0.3 is 0 Å². The van der Waals surface area contributed by atoms with Gasteiger partial charge in [-0.05, 0) is 86.4 Å². The molecule has 0 N–H and O–H groups in total. The molecule has 9 atom stereocenters. The van der Waals surface area contributed by atoms with Crippen LogP contribution in [0.15, 0.2) is 0 Å². The van der Waals surface area contributed by atoms with Crippen LogP contribution < -0.4 is 0 Å². The number of hydrogen-bond acceptors (Lipinski definition) is 4. The van der Waals surface area contributed by atoms with Crippen molar-refractivity contribution in [3.8, 4) is 0 Å². The van der Waals surface area contributed by atoms with E-state index in [1.807, 2.05) is 13.8 Å². The maximum absolute atomic E-state index is 12.9. The smallest absolute Gasteiger partial charge is 0.173 e. The fourth-order valence-electron chi connectivity index (χ4n) is 11.0. The highest BCUT2D eigenvalue weighted by atomic mass is 16.7. The molecule has 0 aromatic carbocycles. The number of ether oxygens (including phenoxy) is 2. The normalized spacial score (nSPS) is 56.4. The Balaban J connectivity index is 1.41. The maximum atomic E-state index is 12.9. The Kier molecular flexibility index (Phi) is 4.35. The second-order valence-corrected chi connectivity index (χ2v) is 14.5. The summed E-state index contributed by atoms with van der Waals surface area (Å²) in [5, 5.41) is 0. The molecule has 0 aromatic heterocycles. The van der Waals surface area contributed by atoms with Crippen molar-refractivity contribution < 1.29 is 19.1 Å². The first-order chi connectivity index (χ1) is 15.2. The molecule has 4 heteroatoms. The molecule has 1 spiro atoms. The van der Waals surface area contributed by atoms with Gasteiger partial charge in [-0.1, -0.05) is 34.6 Å². The van der Waals surface area contributed by atoms with Crippen LogP contribution in [0.25, 0.3) is 0 Å². The number of carbonyl (C=O) groups is 2. The first-order valence-electron chi connectivity index (χ1n) is 13.7. The molecule has 6 aliphatic rings. The molecule has 2 aliphatic heterocycles. The first kappa shape index (κ1) is 22.7. The van der Waals surface area contributed by atoms with E-state index in [0.717, 1.165) is 25.7 Å². The third-order valence-corrected chi connectivity index (χ3v) is 12.8. The van der Waals surface area contributed by atoms with Crippen molar-refractivity contribution in [3.63, 3.8) is 0 Å². The van der Waals surface area contributed by atoms with Crippen molar-refractivity contribution in [3.05, 3.63) is 0 Å². The van der Waals surface area contributed by atoms with E-state index in [1.165, 1.54) is 19.3 Å². The van der Waals surface area contributed by atoms with Gasteiger partial charge in [0.25, 0.3) is 0 Å². The van der Waals surface area contributed by atoms with Crippen molar-refractivity contribution in [2.75, 3.05) is 0 Å². The minimum atomic E-state index is -0.758. The Hall–Kier alpha value is -0.740. The van der Waals surface area contributed by atoms with Gasteiger partial charge in [0.15, 0.2) is 11.6 Å². The van der Waals surface area contributed by atoms with Crippen molar-refractivity contribution in [1.82, 2.24) is 0 Å². The van der Waals surface area contributed by atoms with E-state index in [2.05, 4.69) is 34.6 Å². The summed E-state index contributed by atoms with van der Waals surface area (Å²) in [5.74, 6) is 2.02. The number of hydrogen-bond donors (Lipinski definition) is 0. The zero-order chi connectivity index (χ0) is 23.8. The van der Waals surface area contributed by atoms with E-state index in [1.54, 1.807) is 0 Å². The van der Waals surface area contributed by atoms with E-state index < -0.39 is 11.4 Å². The van der Waals surface area contributed by atoms with Crippen molar-refractivity contribution in [2.45, 2.75) is 124 Å². The lowest BCUT2D eigenvalue weighted by atomic mass is 9.35. The van der Waals surface area contributed by atoms with Crippen molar-refractivity contribution >= 4 is 11.6 Å². The van der Waals surface area contributed by atoms with E-state index in [0.29, 0.717) is 42.3 Å². The molecule has 4 unspecified atom stereocenters. The van der Waals surface area contributed by atoms with Crippen molar-refractivity contribution in [2.24, 2.45) is 45.3 Å². The summed E-state index contributed by atoms with van der Waals surface area (Å²) in [6, 6.07) is 0. The van der Waals surface area contributed by atoms with Crippen LogP contribution in [0.3, 0.4) is 0 Å². The number of fused-ring (bicyclic) bond motifs is 5. The monoisotopic (exact) mass is 456 g/mol. The molecule has 4 saturated carbocycles. The standard InChI is InChI=1S/C29H44O4/c1-24(2)19-9-14-27(6)20(26(19,5)12-10-21(24)30)16-18-23-17(8-13-28(23,27)7)29(32-18)15-11-22(31)25(3,4)33-29/h17-20,23H,8-16H2,1-7H3/t17?,18-,19?,20?,23?,26+,27-,28-,29-/m1/s1. The quantitative estimate of drug-likeness (QED) is 0.413. The van der Waals surface area contributed by atoms with Crippen LogP contribution in [-0.4, -0.2) is 29.1 Å². The lowest BCUT2D eigenvalue weighted by Crippen LogP contribution is -2.65. The Morgan fingerprint density at radius 1 is 0.758 bits per heavy atom. The van der Waals surface area contributed by atoms with E-state index in [-0.39, 0.29) is 33.5 Å². The van der Waals surface area contributed by atoms with E-state index in [9.17, 15) is 9.59 Å². The van der Waals surface area contributed by atoms with Gasteiger partial charge in [0.2, 0.25) is 0 Å². The predicted molar refractivity (Wildman–Crippen MR) is 126 cm³/mol. The highest BCUT2D eigenvalue weighted by Gasteiger charge is 2.76. The van der Waals surface area contributed by atoms with Crippen LogP contribution in [-0.2, 0) is 19.1 Å². The number of carbonyl (C=O) groups excluding carboxylic acids is 2. The summed E-state index contributed by atoms with van der Waals surface area (Å²) in [4.78, 5) is 25.5. The zero-order valence-electron chi connectivity index (χ0n) is 21.9.